The molecule has 0 unspecified atom stereocenters. The Balaban J connectivity index is 1.11. The Kier molecular flexibility index (Phi) is 8.62. The Hall–Kier alpha value is -4.25. The van der Waals surface area contributed by atoms with Crippen LogP contribution in [-0.2, 0) is 9.47 Å². The molecular formula is C35H41N5O5S. The van der Waals surface area contributed by atoms with Gasteiger partial charge >= 0.3 is 12.2 Å². The van der Waals surface area contributed by atoms with Gasteiger partial charge in [0.1, 0.15) is 22.3 Å². The van der Waals surface area contributed by atoms with Gasteiger partial charge in [-0.2, -0.15) is 4.98 Å². The number of amides is 2. The van der Waals surface area contributed by atoms with E-state index in [0.717, 1.165) is 58.6 Å². The van der Waals surface area contributed by atoms with Crippen LogP contribution >= 0.6 is 11.3 Å². The van der Waals surface area contributed by atoms with Crippen molar-refractivity contribution < 1.29 is 23.6 Å². The van der Waals surface area contributed by atoms with Gasteiger partial charge in [0, 0.05) is 29.6 Å². The van der Waals surface area contributed by atoms with Crippen LogP contribution in [0.2, 0.25) is 0 Å². The second-order valence-corrected chi connectivity index (χ2v) is 14.7. The van der Waals surface area contributed by atoms with Crippen molar-refractivity contribution in [2.24, 2.45) is 0 Å². The van der Waals surface area contributed by atoms with Crippen molar-refractivity contribution in [1.82, 2.24) is 24.9 Å². The number of hydrogen-bond donors (Lipinski definition) is 0. The lowest BCUT2D eigenvalue weighted by atomic mass is 10.0. The minimum absolute atomic E-state index is 0.0521. The van der Waals surface area contributed by atoms with Crippen molar-refractivity contribution in [3.05, 3.63) is 64.8 Å². The predicted octanol–water partition coefficient (Wildman–Crippen LogP) is 8.67. The second kappa shape index (κ2) is 12.5. The van der Waals surface area contributed by atoms with Gasteiger partial charge in [0.15, 0.2) is 0 Å². The summed E-state index contributed by atoms with van der Waals surface area (Å²) in [5, 5.41) is 7.20. The van der Waals surface area contributed by atoms with E-state index in [4.69, 9.17) is 19.0 Å². The van der Waals surface area contributed by atoms with Gasteiger partial charge in [-0.25, -0.2) is 14.6 Å². The number of rotatable bonds is 5. The molecule has 242 valence electrons. The maximum absolute atomic E-state index is 12.8. The molecule has 6 rings (SSSR count). The summed E-state index contributed by atoms with van der Waals surface area (Å²) < 4.78 is 16.8. The van der Waals surface area contributed by atoms with Crippen LogP contribution in [0.1, 0.15) is 90.2 Å². The number of carbonyl (C=O) groups excluding carboxylic acids is 2. The van der Waals surface area contributed by atoms with Gasteiger partial charge in [-0.05, 0) is 78.4 Å². The number of thiazole rings is 1. The van der Waals surface area contributed by atoms with Gasteiger partial charge in [-0.15, -0.1) is 11.3 Å². The molecule has 2 aliphatic heterocycles. The van der Waals surface area contributed by atoms with E-state index in [-0.39, 0.29) is 24.3 Å². The summed E-state index contributed by atoms with van der Waals surface area (Å²) in [7, 11) is 0. The third kappa shape index (κ3) is 7.09. The molecule has 2 fully saturated rings. The Labute approximate surface area is 273 Å². The molecule has 10 nitrogen and oxygen atoms in total. The van der Waals surface area contributed by atoms with Gasteiger partial charge in [0.05, 0.1) is 11.7 Å². The molecule has 4 heterocycles. The fraction of sp³-hybridized carbons (Fsp3) is 0.457. The highest BCUT2D eigenvalue weighted by Gasteiger charge is 2.37. The molecule has 0 saturated carbocycles. The lowest BCUT2D eigenvalue weighted by Gasteiger charge is -2.27. The fourth-order valence-electron chi connectivity index (χ4n) is 5.83. The number of hydrogen-bond acceptors (Lipinski definition) is 9. The zero-order valence-electron chi connectivity index (χ0n) is 27.3. The van der Waals surface area contributed by atoms with Gasteiger partial charge in [0.25, 0.3) is 0 Å². The fourth-order valence-corrected chi connectivity index (χ4v) is 6.81. The first-order valence-corrected chi connectivity index (χ1v) is 16.7. The third-order valence-electron chi connectivity index (χ3n) is 7.95. The second-order valence-electron chi connectivity index (χ2n) is 13.8. The van der Waals surface area contributed by atoms with Gasteiger partial charge < -0.3 is 14.0 Å². The quantitative estimate of drug-likeness (QED) is 0.212. The van der Waals surface area contributed by atoms with Crippen molar-refractivity contribution in [1.29, 1.82) is 0 Å². The summed E-state index contributed by atoms with van der Waals surface area (Å²) in [4.78, 5) is 38.5. The maximum atomic E-state index is 12.8. The molecule has 4 aromatic rings. The average Bonchev–Trinajstić information content (AvgIpc) is 3.82. The molecule has 0 radical (unpaired) electrons. The number of likely N-dealkylation sites (tertiary alicyclic amines) is 2. The number of benzene rings is 2. The highest BCUT2D eigenvalue weighted by molar-refractivity contribution is 7.10. The Morgan fingerprint density at radius 3 is 1.80 bits per heavy atom. The standard InChI is InChI=1S/C35H41N5O5S/c1-34(2,3)43-32(41)39-19-7-9-27(39)30-37-29(38-45-30)25-17-13-23(14-18-25)22-11-15-24(16-12-22)26-21-46-31(36-26)28-10-8-20-40(28)33(42)44-35(4,5)6/h11-18,21,27-28H,7-10,19-20H2,1-6H3/t27-,28-/m0/s1. The summed E-state index contributed by atoms with van der Waals surface area (Å²) in [5.74, 6) is 0.911. The smallest absolute Gasteiger partial charge is 0.410 e. The number of nitrogens with zero attached hydrogens (tertiary/aromatic N) is 5. The summed E-state index contributed by atoms with van der Waals surface area (Å²) in [6.45, 7) is 12.5. The molecule has 0 aliphatic carbocycles. The van der Waals surface area contributed by atoms with Crippen molar-refractivity contribution in [3.8, 4) is 33.8 Å². The van der Waals surface area contributed by atoms with Crippen LogP contribution in [0.4, 0.5) is 9.59 Å². The summed E-state index contributed by atoms with van der Waals surface area (Å²) >= 11 is 1.59. The SMILES string of the molecule is CC(C)(C)OC(=O)N1CCC[C@H]1c1nc(-c2ccc(-c3ccc(-c4csc([C@@H]5CCCN5C(=O)OC(C)(C)C)n4)cc3)cc2)no1. The van der Waals surface area contributed by atoms with Crippen LogP contribution in [0.5, 0.6) is 0 Å². The zero-order chi connectivity index (χ0) is 32.6. The van der Waals surface area contributed by atoms with Gasteiger partial charge in [-0.1, -0.05) is 53.7 Å². The highest BCUT2D eigenvalue weighted by Crippen LogP contribution is 2.37. The number of ether oxygens (including phenoxy) is 2. The van der Waals surface area contributed by atoms with Crippen molar-refractivity contribution in [2.45, 2.75) is 90.5 Å². The molecule has 2 amide bonds. The summed E-state index contributed by atoms with van der Waals surface area (Å²) in [6, 6.07) is 16.0. The monoisotopic (exact) mass is 643 g/mol. The largest absolute Gasteiger partial charge is 0.444 e. The van der Waals surface area contributed by atoms with E-state index in [1.54, 1.807) is 16.2 Å². The Morgan fingerprint density at radius 1 is 0.739 bits per heavy atom. The van der Waals surface area contributed by atoms with Crippen LogP contribution in [0.3, 0.4) is 0 Å². The average molecular weight is 644 g/mol. The van der Waals surface area contributed by atoms with E-state index in [1.807, 2.05) is 70.7 Å². The molecule has 2 aromatic heterocycles. The minimum Gasteiger partial charge on any atom is -0.444 e. The number of aromatic nitrogens is 3. The molecule has 2 aliphatic rings. The van der Waals surface area contributed by atoms with E-state index in [0.29, 0.717) is 24.8 Å². The predicted molar refractivity (Wildman–Crippen MR) is 176 cm³/mol. The maximum Gasteiger partial charge on any atom is 0.410 e. The third-order valence-corrected chi connectivity index (χ3v) is 8.90. The van der Waals surface area contributed by atoms with Crippen LogP contribution in [0.15, 0.2) is 58.4 Å². The van der Waals surface area contributed by atoms with Gasteiger partial charge in [0.2, 0.25) is 11.7 Å². The van der Waals surface area contributed by atoms with Crippen LogP contribution in [-0.4, -0.2) is 61.4 Å². The van der Waals surface area contributed by atoms with E-state index in [2.05, 4.69) is 39.8 Å². The number of carbonyl (C=O) groups is 2. The zero-order valence-corrected chi connectivity index (χ0v) is 28.1. The first-order valence-electron chi connectivity index (χ1n) is 15.8. The van der Waals surface area contributed by atoms with Crippen LogP contribution in [0, 0.1) is 0 Å². The first kappa shape index (κ1) is 31.7. The van der Waals surface area contributed by atoms with Crippen molar-refractivity contribution >= 4 is 23.5 Å². The van der Waals surface area contributed by atoms with Crippen molar-refractivity contribution in [3.63, 3.8) is 0 Å². The Morgan fingerprint density at radius 2 is 1.24 bits per heavy atom. The highest BCUT2D eigenvalue weighted by atomic mass is 32.1. The molecule has 2 atom stereocenters. The van der Waals surface area contributed by atoms with Gasteiger partial charge in [-0.3, -0.25) is 9.80 Å². The topological polar surface area (TPSA) is 111 Å². The van der Waals surface area contributed by atoms with E-state index in [1.165, 1.54) is 0 Å². The molecule has 2 aromatic carbocycles. The summed E-state index contributed by atoms with van der Waals surface area (Å²) in [6.07, 6.45) is 2.79. The lowest BCUT2D eigenvalue weighted by Crippen LogP contribution is -2.36. The molecule has 0 spiro atoms. The minimum atomic E-state index is -0.571. The van der Waals surface area contributed by atoms with E-state index < -0.39 is 11.2 Å². The van der Waals surface area contributed by atoms with Crippen LogP contribution in [0.25, 0.3) is 33.8 Å². The lowest BCUT2D eigenvalue weighted by molar-refractivity contribution is 0.0196. The molecule has 2 saturated heterocycles. The normalized spacial score (nSPS) is 18.7. The molecular weight excluding hydrogens is 602 g/mol. The molecule has 11 heteroatoms. The molecule has 0 bridgehead atoms. The first-order chi connectivity index (χ1) is 21.8. The molecule has 0 N–H and O–H groups in total. The van der Waals surface area contributed by atoms with E-state index >= 15 is 0 Å². The van der Waals surface area contributed by atoms with Crippen molar-refractivity contribution in [2.75, 3.05) is 13.1 Å². The Bertz CT molecular complexity index is 1560. The molecule has 46 heavy (non-hydrogen) atoms. The van der Waals surface area contributed by atoms with Crippen LogP contribution < -0.4 is 0 Å². The van der Waals surface area contributed by atoms with E-state index in [9.17, 15) is 9.59 Å². The summed E-state index contributed by atoms with van der Waals surface area (Å²) in [5.41, 5.74) is 3.79.